The number of rotatable bonds is 10. The molecule has 0 radical (unpaired) electrons. The number of nitrogens with one attached hydrogen (secondary N) is 1. The molecule has 3 aromatic rings. The van der Waals surface area contributed by atoms with Gasteiger partial charge in [-0.3, -0.25) is 9.78 Å². The topological polar surface area (TPSA) is 63.7 Å². The maximum absolute atomic E-state index is 13.8. The number of nitrogens with zero attached hydrogens (tertiary/aromatic N) is 2. The van der Waals surface area contributed by atoms with E-state index in [9.17, 15) is 18.0 Å². The van der Waals surface area contributed by atoms with Crippen molar-refractivity contribution in [2.45, 2.75) is 57.1 Å². The zero-order valence-corrected chi connectivity index (χ0v) is 24.6. The Labute approximate surface area is 250 Å². The van der Waals surface area contributed by atoms with E-state index in [0.29, 0.717) is 17.9 Å². The Kier molecular flexibility index (Phi) is 9.82. The van der Waals surface area contributed by atoms with Crippen LogP contribution in [-0.4, -0.2) is 61.2 Å². The van der Waals surface area contributed by atoms with Gasteiger partial charge in [-0.25, -0.2) is 13.2 Å². The third kappa shape index (κ3) is 8.03. The second-order valence-electron chi connectivity index (χ2n) is 11.4. The number of halogens is 3. The highest BCUT2D eigenvalue weighted by atomic mass is 19.3. The van der Waals surface area contributed by atoms with E-state index in [1.165, 1.54) is 36.2 Å². The fourth-order valence-electron chi connectivity index (χ4n) is 5.82. The summed E-state index contributed by atoms with van der Waals surface area (Å²) in [5, 5.41) is 2.99. The molecule has 5 rings (SSSR count). The Balaban J connectivity index is 1.28. The van der Waals surface area contributed by atoms with Crippen molar-refractivity contribution >= 4 is 11.5 Å². The zero-order chi connectivity index (χ0) is 30.4. The Morgan fingerprint density at radius 2 is 1.72 bits per heavy atom. The number of pyridine rings is 1. The van der Waals surface area contributed by atoms with E-state index in [-0.39, 0.29) is 37.0 Å². The average Bonchev–Trinajstić information content (AvgIpc) is 3.35. The van der Waals surface area contributed by atoms with E-state index in [1.54, 1.807) is 7.11 Å². The Morgan fingerprint density at radius 1 is 1.05 bits per heavy atom. The number of alkyl halides is 2. The zero-order valence-electron chi connectivity index (χ0n) is 24.6. The van der Waals surface area contributed by atoms with Crippen LogP contribution in [0.25, 0.3) is 5.57 Å². The summed E-state index contributed by atoms with van der Waals surface area (Å²) in [6.07, 6.45) is 3.86. The molecule has 1 unspecified atom stereocenters. The van der Waals surface area contributed by atoms with E-state index in [4.69, 9.17) is 9.47 Å². The van der Waals surface area contributed by atoms with Crippen molar-refractivity contribution < 1.29 is 27.4 Å². The third-order valence-corrected chi connectivity index (χ3v) is 8.24. The van der Waals surface area contributed by atoms with E-state index in [1.807, 2.05) is 43.3 Å². The number of carbonyl (C=O) groups is 1. The number of likely N-dealkylation sites (tertiary alicyclic amines) is 1. The lowest BCUT2D eigenvalue weighted by atomic mass is 9.87. The number of ether oxygens (including phenoxy) is 2. The minimum absolute atomic E-state index is 0.197. The minimum atomic E-state index is -2.71. The van der Waals surface area contributed by atoms with Crippen LogP contribution in [0.4, 0.5) is 13.2 Å². The molecule has 2 aromatic carbocycles. The van der Waals surface area contributed by atoms with Crippen LogP contribution in [0, 0.1) is 5.82 Å². The number of aromatic nitrogens is 1. The predicted octanol–water partition coefficient (Wildman–Crippen LogP) is 6.82. The molecule has 1 aromatic heterocycles. The molecule has 1 saturated carbocycles. The Hall–Kier alpha value is -3.69. The number of hydrogen-bond donors (Lipinski definition) is 1. The molecule has 1 aliphatic carbocycles. The second-order valence-corrected chi connectivity index (χ2v) is 11.4. The molecule has 2 atom stereocenters. The first-order valence-corrected chi connectivity index (χ1v) is 14.8. The van der Waals surface area contributed by atoms with E-state index >= 15 is 0 Å². The summed E-state index contributed by atoms with van der Waals surface area (Å²) >= 11 is 0. The summed E-state index contributed by atoms with van der Waals surface area (Å²) in [5.74, 6) is -3.01. The van der Waals surface area contributed by atoms with Gasteiger partial charge >= 0.3 is 0 Å². The lowest BCUT2D eigenvalue weighted by Crippen LogP contribution is -2.33. The number of amides is 1. The quantitative estimate of drug-likeness (QED) is 0.280. The lowest BCUT2D eigenvalue weighted by Gasteiger charge is -2.30. The summed E-state index contributed by atoms with van der Waals surface area (Å²) in [6, 6.07) is 16.0. The molecule has 1 aliphatic heterocycles. The maximum atomic E-state index is 13.8. The lowest BCUT2D eigenvalue weighted by molar-refractivity contribution is -0.00110. The number of benzene rings is 2. The summed E-state index contributed by atoms with van der Waals surface area (Å²) in [5.41, 5.74) is 5.70. The van der Waals surface area contributed by atoms with Gasteiger partial charge in [-0.15, -0.1) is 0 Å². The molecule has 2 heterocycles. The molecule has 43 heavy (non-hydrogen) atoms. The smallest absolute Gasteiger partial charge is 0.253 e. The second kappa shape index (κ2) is 13.7. The molecule has 1 saturated heterocycles. The molecule has 1 amide bonds. The highest BCUT2D eigenvalue weighted by Crippen LogP contribution is 2.37. The Bertz CT molecular complexity index is 1420. The van der Waals surface area contributed by atoms with Gasteiger partial charge < -0.3 is 19.7 Å². The summed E-state index contributed by atoms with van der Waals surface area (Å²) < 4.78 is 51.8. The van der Waals surface area contributed by atoms with Gasteiger partial charge in [0.2, 0.25) is 0 Å². The first-order chi connectivity index (χ1) is 20.7. The van der Waals surface area contributed by atoms with E-state index in [0.717, 1.165) is 54.7 Å². The highest BCUT2D eigenvalue weighted by molar-refractivity contribution is 5.94. The molecular formula is C34H38F3N3O3. The molecule has 1 N–H and O–H groups in total. The van der Waals surface area contributed by atoms with Gasteiger partial charge in [0.1, 0.15) is 17.7 Å². The van der Waals surface area contributed by atoms with E-state index < -0.39 is 12.0 Å². The van der Waals surface area contributed by atoms with Crippen molar-refractivity contribution in [1.29, 1.82) is 0 Å². The molecule has 9 heteroatoms. The van der Waals surface area contributed by atoms with Gasteiger partial charge in [0, 0.05) is 45.8 Å². The molecule has 2 fully saturated rings. The highest BCUT2D eigenvalue weighted by Gasteiger charge is 2.40. The molecule has 0 bridgehead atoms. The minimum Gasteiger partial charge on any atom is -0.489 e. The van der Waals surface area contributed by atoms with Crippen LogP contribution in [0.2, 0.25) is 0 Å². The van der Waals surface area contributed by atoms with Crippen molar-refractivity contribution in [3.8, 4) is 5.75 Å². The normalized spacial score (nSPS) is 19.2. The van der Waals surface area contributed by atoms with Crippen LogP contribution >= 0.6 is 0 Å². The number of piperidine rings is 1. The van der Waals surface area contributed by atoms with Crippen LogP contribution < -0.4 is 10.1 Å². The average molecular weight is 594 g/mol. The molecule has 6 nitrogen and oxygen atoms in total. The monoisotopic (exact) mass is 593 g/mol. The number of hydrogen-bond acceptors (Lipinski definition) is 5. The van der Waals surface area contributed by atoms with Gasteiger partial charge in [-0.05, 0) is 66.6 Å². The van der Waals surface area contributed by atoms with Crippen LogP contribution in [0.5, 0.6) is 5.75 Å². The van der Waals surface area contributed by atoms with Gasteiger partial charge in [0.15, 0.2) is 0 Å². The van der Waals surface area contributed by atoms with E-state index in [2.05, 4.69) is 15.2 Å². The third-order valence-electron chi connectivity index (χ3n) is 8.24. The standard InChI is InChI=1S/C34H38F3N3O3/c1-23(39-33(41)28-19-31(22-38-21-28)43-30-11-14-34(36,37)20-30)24-3-5-25(6-4-24)32(26-7-9-29(35)10-8-26)27-12-15-40(16-13-27)17-18-42-2/h3-10,19,21-23,30H,11-18,20H2,1-2H3,(H,39,41)/t23-,30?/m1/s1. The van der Waals surface area contributed by atoms with Gasteiger partial charge in [-0.1, -0.05) is 42.0 Å². The number of methoxy groups -OCH3 is 1. The summed E-state index contributed by atoms with van der Waals surface area (Å²) in [7, 11) is 1.72. The first kappa shape index (κ1) is 30.8. The van der Waals surface area contributed by atoms with Gasteiger partial charge in [0.05, 0.1) is 24.4 Å². The number of carbonyl (C=O) groups excluding carboxylic acids is 1. The summed E-state index contributed by atoms with van der Waals surface area (Å²) in [6.45, 7) is 5.40. The molecular weight excluding hydrogens is 555 g/mol. The first-order valence-electron chi connectivity index (χ1n) is 14.8. The molecule has 2 aliphatic rings. The SMILES string of the molecule is COCCN1CCC(=C(c2ccc(F)cc2)c2ccc([C@@H](C)NC(=O)c3cncc(OC4CCC(F)(F)C4)c3)cc2)CC1. The molecule has 228 valence electrons. The van der Waals surface area contributed by atoms with Crippen molar-refractivity contribution in [3.05, 3.63) is 101 Å². The van der Waals surface area contributed by atoms with Crippen LogP contribution in [0.15, 0.2) is 72.6 Å². The van der Waals surface area contributed by atoms with Crippen LogP contribution in [0.1, 0.15) is 72.1 Å². The fourth-order valence-corrected chi connectivity index (χ4v) is 5.82. The summed E-state index contributed by atoms with van der Waals surface area (Å²) in [4.78, 5) is 19.5. The van der Waals surface area contributed by atoms with Gasteiger partial charge in [0.25, 0.3) is 11.8 Å². The molecule has 0 spiro atoms. The maximum Gasteiger partial charge on any atom is 0.253 e. The Morgan fingerprint density at radius 3 is 2.35 bits per heavy atom. The fraction of sp³-hybridized carbons (Fsp3) is 0.412. The van der Waals surface area contributed by atoms with Crippen molar-refractivity contribution in [1.82, 2.24) is 15.2 Å². The largest absolute Gasteiger partial charge is 0.489 e. The van der Waals surface area contributed by atoms with Crippen molar-refractivity contribution in [2.75, 3.05) is 33.4 Å². The van der Waals surface area contributed by atoms with Gasteiger partial charge in [-0.2, -0.15) is 0 Å². The predicted molar refractivity (Wildman–Crippen MR) is 160 cm³/mol. The van der Waals surface area contributed by atoms with Crippen LogP contribution in [0.3, 0.4) is 0 Å². The van der Waals surface area contributed by atoms with Crippen molar-refractivity contribution in [2.24, 2.45) is 0 Å². The van der Waals surface area contributed by atoms with Crippen molar-refractivity contribution in [3.63, 3.8) is 0 Å². The van der Waals surface area contributed by atoms with Crippen LogP contribution in [-0.2, 0) is 4.74 Å².